The second kappa shape index (κ2) is 5.20. The lowest BCUT2D eigenvalue weighted by atomic mass is 10.00. The molecule has 1 saturated carbocycles. The van der Waals surface area contributed by atoms with Crippen LogP contribution in [-0.4, -0.2) is 43.0 Å². The molecule has 2 nitrogen and oxygen atoms in total. The van der Waals surface area contributed by atoms with Crippen molar-refractivity contribution in [2.24, 2.45) is 5.92 Å². The summed E-state index contributed by atoms with van der Waals surface area (Å²) in [5.41, 5.74) is 1.45. The Morgan fingerprint density at radius 2 is 1.67 bits per heavy atom. The highest BCUT2D eigenvalue weighted by Gasteiger charge is 2.37. The van der Waals surface area contributed by atoms with Crippen LogP contribution in [0.25, 0.3) is 0 Å². The lowest BCUT2D eigenvalue weighted by Crippen LogP contribution is -2.46. The highest BCUT2D eigenvalue weighted by Crippen LogP contribution is 2.44. The van der Waals surface area contributed by atoms with Crippen LogP contribution in [0.4, 0.5) is 0 Å². The van der Waals surface area contributed by atoms with Gasteiger partial charge in [0.15, 0.2) is 0 Å². The summed E-state index contributed by atoms with van der Waals surface area (Å²) in [7, 11) is 2.21. The third-order valence-corrected chi connectivity index (χ3v) is 4.46. The van der Waals surface area contributed by atoms with E-state index in [-0.39, 0.29) is 0 Å². The molecule has 0 amide bonds. The Bertz CT molecular complexity index is 391. The highest BCUT2D eigenvalue weighted by molar-refractivity contribution is 6.30. The van der Waals surface area contributed by atoms with Gasteiger partial charge in [0.05, 0.1) is 0 Å². The molecule has 3 heteroatoms. The van der Waals surface area contributed by atoms with Crippen molar-refractivity contribution >= 4 is 11.6 Å². The van der Waals surface area contributed by atoms with Crippen molar-refractivity contribution in [2.45, 2.75) is 18.9 Å². The molecule has 98 valence electrons. The fraction of sp³-hybridized carbons (Fsp3) is 0.600. The summed E-state index contributed by atoms with van der Waals surface area (Å²) in [4.78, 5) is 5.09. The maximum Gasteiger partial charge on any atom is 0.0406 e. The number of halogens is 1. The molecule has 0 N–H and O–H groups in total. The molecule has 1 aliphatic heterocycles. The van der Waals surface area contributed by atoms with Gasteiger partial charge in [-0.25, -0.2) is 0 Å². The lowest BCUT2D eigenvalue weighted by Gasteiger charge is -2.38. The molecule has 0 radical (unpaired) electrons. The quantitative estimate of drug-likeness (QED) is 0.828. The number of likely N-dealkylation sites (N-methyl/N-ethyl adjacent to an activating group) is 1. The zero-order valence-corrected chi connectivity index (χ0v) is 11.7. The molecule has 1 heterocycles. The number of rotatable bonds is 3. The second-order valence-corrected chi connectivity index (χ2v) is 6.11. The van der Waals surface area contributed by atoms with Crippen LogP contribution < -0.4 is 0 Å². The Morgan fingerprint density at radius 1 is 1.06 bits per heavy atom. The van der Waals surface area contributed by atoms with E-state index < -0.39 is 0 Å². The van der Waals surface area contributed by atoms with E-state index in [9.17, 15) is 0 Å². The zero-order chi connectivity index (χ0) is 12.5. The Hall–Kier alpha value is -0.570. The van der Waals surface area contributed by atoms with E-state index in [4.69, 9.17) is 11.6 Å². The standard InChI is InChI=1S/C15H21ClN2/c1-17-8-10-18(11-9-17)15(12-2-3-12)13-4-6-14(16)7-5-13/h4-7,12,15H,2-3,8-11H2,1H3. The molecular formula is C15H21ClN2. The molecule has 0 aromatic heterocycles. The highest BCUT2D eigenvalue weighted by atomic mass is 35.5. The zero-order valence-electron chi connectivity index (χ0n) is 11.0. The Morgan fingerprint density at radius 3 is 2.22 bits per heavy atom. The van der Waals surface area contributed by atoms with Crippen LogP contribution in [0.15, 0.2) is 24.3 Å². The normalized spacial score (nSPS) is 24.1. The molecule has 1 unspecified atom stereocenters. The van der Waals surface area contributed by atoms with Crippen LogP contribution >= 0.6 is 11.6 Å². The summed E-state index contributed by atoms with van der Waals surface area (Å²) in [5, 5.41) is 0.840. The first kappa shape index (κ1) is 12.5. The summed E-state index contributed by atoms with van der Waals surface area (Å²) in [6.07, 6.45) is 2.78. The molecule has 1 aliphatic carbocycles. The van der Waals surface area contributed by atoms with Gasteiger partial charge in [-0.1, -0.05) is 23.7 Å². The summed E-state index contributed by atoms with van der Waals surface area (Å²) >= 11 is 6.00. The van der Waals surface area contributed by atoms with Crippen LogP contribution in [0.2, 0.25) is 5.02 Å². The smallest absolute Gasteiger partial charge is 0.0406 e. The fourth-order valence-corrected chi connectivity index (χ4v) is 3.08. The Kier molecular flexibility index (Phi) is 3.60. The SMILES string of the molecule is CN1CCN(C(c2ccc(Cl)cc2)C2CC2)CC1. The third-order valence-electron chi connectivity index (χ3n) is 4.21. The van der Waals surface area contributed by atoms with Crippen molar-refractivity contribution in [1.29, 1.82) is 0 Å². The van der Waals surface area contributed by atoms with E-state index in [1.165, 1.54) is 44.6 Å². The van der Waals surface area contributed by atoms with E-state index >= 15 is 0 Å². The van der Waals surface area contributed by atoms with Gasteiger partial charge in [-0.05, 0) is 43.5 Å². The molecule has 0 bridgehead atoms. The summed E-state index contributed by atoms with van der Waals surface area (Å²) in [6.45, 7) is 4.77. The van der Waals surface area contributed by atoms with Gasteiger partial charge in [0.2, 0.25) is 0 Å². The van der Waals surface area contributed by atoms with E-state index in [0.717, 1.165) is 10.9 Å². The van der Waals surface area contributed by atoms with Gasteiger partial charge in [-0.15, -0.1) is 0 Å². The maximum atomic E-state index is 6.00. The van der Waals surface area contributed by atoms with Gasteiger partial charge >= 0.3 is 0 Å². The van der Waals surface area contributed by atoms with E-state index in [1.54, 1.807) is 0 Å². The fourth-order valence-electron chi connectivity index (χ4n) is 2.95. The number of benzene rings is 1. The molecule has 2 fully saturated rings. The van der Waals surface area contributed by atoms with Gasteiger partial charge in [0.1, 0.15) is 0 Å². The number of nitrogens with zero attached hydrogens (tertiary/aromatic N) is 2. The van der Waals surface area contributed by atoms with Crippen LogP contribution in [0.1, 0.15) is 24.4 Å². The molecule has 1 saturated heterocycles. The van der Waals surface area contributed by atoms with Crippen LogP contribution in [0.3, 0.4) is 0 Å². The lowest BCUT2D eigenvalue weighted by molar-refractivity contribution is 0.100. The molecule has 1 aromatic carbocycles. The molecule has 1 atom stereocenters. The van der Waals surface area contributed by atoms with Gasteiger partial charge in [0.25, 0.3) is 0 Å². The van der Waals surface area contributed by atoms with Crippen LogP contribution in [0.5, 0.6) is 0 Å². The number of hydrogen-bond acceptors (Lipinski definition) is 2. The van der Waals surface area contributed by atoms with Gasteiger partial charge < -0.3 is 4.90 Å². The monoisotopic (exact) mass is 264 g/mol. The van der Waals surface area contributed by atoms with Crippen molar-refractivity contribution in [3.05, 3.63) is 34.9 Å². The number of piperazine rings is 1. The first-order chi connectivity index (χ1) is 8.74. The Balaban J connectivity index is 1.77. The summed E-state index contributed by atoms with van der Waals surface area (Å²) < 4.78 is 0. The second-order valence-electron chi connectivity index (χ2n) is 5.67. The first-order valence-corrected chi connectivity index (χ1v) is 7.30. The maximum absolute atomic E-state index is 6.00. The van der Waals surface area contributed by atoms with E-state index in [2.05, 4.69) is 29.0 Å². The molecule has 3 rings (SSSR count). The van der Waals surface area contributed by atoms with Crippen molar-refractivity contribution < 1.29 is 0 Å². The van der Waals surface area contributed by atoms with Crippen molar-refractivity contribution in [3.63, 3.8) is 0 Å². The Labute approximate surface area is 115 Å². The summed E-state index contributed by atoms with van der Waals surface area (Å²) in [5.74, 6) is 0.870. The number of hydrogen-bond donors (Lipinski definition) is 0. The van der Waals surface area contributed by atoms with Crippen molar-refractivity contribution in [2.75, 3.05) is 33.2 Å². The molecule has 2 aliphatic rings. The van der Waals surface area contributed by atoms with Crippen molar-refractivity contribution in [3.8, 4) is 0 Å². The minimum Gasteiger partial charge on any atom is -0.304 e. The summed E-state index contributed by atoms with van der Waals surface area (Å²) in [6, 6.07) is 9.11. The van der Waals surface area contributed by atoms with Gasteiger partial charge in [0, 0.05) is 37.2 Å². The van der Waals surface area contributed by atoms with E-state index in [0.29, 0.717) is 6.04 Å². The molecule has 0 spiro atoms. The molecular weight excluding hydrogens is 244 g/mol. The predicted molar refractivity (Wildman–Crippen MR) is 76.0 cm³/mol. The largest absolute Gasteiger partial charge is 0.304 e. The van der Waals surface area contributed by atoms with Crippen LogP contribution in [-0.2, 0) is 0 Å². The van der Waals surface area contributed by atoms with E-state index in [1.807, 2.05) is 12.1 Å². The molecule has 18 heavy (non-hydrogen) atoms. The minimum atomic E-state index is 0.621. The van der Waals surface area contributed by atoms with Gasteiger partial charge in [-0.2, -0.15) is 0 Å². The van der Waals surface area contributed by atoms with Crippen molar-refractivity contribution in [1.82, 2.24) is 9.80 Å². The first-order valence-electron chi connectivity index (χ1n) is 6.92. The van der Waals surface area contributed by atoms with Gasteiger partial charge in [-0.3, -0.25) is 4.90 Å². The predicted octanol–water partition coefficient (Wildman–Crippen LogP) is 3.04. The third kappa shape index (κ3) is 2.71. The topological polar surface area (TPSA) is 6.48 Å². The van der Waals surface area contributed by atoms with Crippen LogP contribution in [0, 0.1) is 5.92 Å². The molecule has 1 aromatic rings. The average Bonchev–Trinajstić information content (AvgIpc) is 3.19. The minimum absolute atomic E-state index is 0.621. The average molecular weight is 265 g/mol.